The summed E-state index contributed by atoms with van der Waals surface area (Å²) < 4.78 is 0. The summed E-state index contributed by atoms with van der Waals surface area (Å²) in [6.07, 6.45) is 0. The van der Waals surface area contributed by atoms with Gasteiger partial charge in [-0.1, -0.05) is 24.3 Å². The number of rotatable bonds is 3. The quantitative estimate of drug-likeness (QED) is 0.646. The summed E-state index contributed by atoms with van der Waals surface area (Å²) in [5.74, 6) is -0.559. The highest BCUT2D eigenvalue weighted by Gasteiger charge is 2.18. The van der Waals surface area contributed by atoms with Crippen LogP contribution in [0.4, 0.5) is 5.69 Å². The van der Waals surface area contributed by atoms with Crippen LogP contribution in [0.15, 0.2) is 42.5 Å². The molecule has 5 heteroatoms. The van der Waals surface area contributed by atoms with Gasteiger partial charge in [0.05, 0.1) is 23.4 Å². The zero-order valence-electron chi connectivity index (χ0n) is 12.7. The summed E-state index contributed by atoms with van der Waals surface area (Å²) >= 11 is 0. The van der Waals surface area contributed by atoms with E-state index >= 15 is 0 Å². The van der Waals surface area contributed by atoms with Gasteiger partial charge in [0, 0.05) is 16.6 Å². The van der Waals surface area contributed by atoms with E-state index in [2.05, 4.69) is 4.98 Å². The molecule has 5 N–H and O–H groups in total. The van der Waals surface area contributed by atoms with Crippen LogP contribution in [0.3, 0.4) is 0 Å². The Bertz CT molecular complexity index is 920. The van der Waals surface area contributed by atoms with Gasteiger partial charge in [0.15, 0.2) is 0 Å². The number of aromatic nitrogens is 1. The molecule has 0 spiro atoms. The lowest BCUT2D eigenvalue weighted by molar-refractivity contribution is 0.100. The predicted molar refractivity (Wildman–Crippen MR) is 90.8 cm³/mol. The summed E-state index contributed by atoms with van der Waals surface area (Å²) in [4.78, 5) is 16.5. The average Bonchev–Trinajstić information content (AvgIpc) is 2.56. The van der Waals surface area contributed by atoms with Crippen LogP contribution in [0.1, 0.15) is 21.5 Å². The van der Waals surface area contributed by atoms with E-state index in [0.29, 0.717) is 28.1 Å². The number of aliphatic hydroxyl groups is 1. The minimum atomic E-state index is -0.559. The first kappa shape index (κ1) is 15.0. The molecule has 0 radical (unpaired) electrons. The maximum absolute atomic E-state index is 11.9. The maximum Gasteiger partial charge on any atom is 0.250 e. The molecule has 1 amide bonds. The fraction of sp³-hybridized carbons (Fsp3) is 0.111. The van der Waals surface area contributed by atoms with Gasteiger partial charge in [-0.25, -0.2) is 4.98 Å². The molecule has 1 aromatic heterocycles. The second-order valence-electron chi connectivity index (χ2n) is 5.41. The van der Waals surface area contributed by atoms with Crippen molar-refractivity contribution in [3.05, 3.63) is 59.2 Å². The molecule has 1 heterocycles. The Morgan fingerprint density at radius 2 is 1.96 bits per heavy atom. The van der Waals surface area contributed by atoms with Gasteiger partial charge in [-0.3, -0.25) is 4.79 Å². The van der Waals surface area contributed by atoms with Crippen LogP contribution in [-0.4, -0.2) is 16.0 Å². The van der Waals surface area contributed by atoms with Crippen molar-refractivity contribution in [2.75, 3.05) is 5.73 Å². The fourth-order valence-electron chi connectivity index (χ4n) is 2.71. The largest absolute Gasteiger partial charge is 0.399 e. The number of pyridine rings is 1. The van der Waals surface area contributed by atoms with Gasteiger partial charge < -0.3 is 16.6 Å². The van der Waals surface area contributed by atoms with Crippen LogP contribution < -0.4 is 11.5 Å². The molecule has 0 atom stereocenters. The highest BCUT2D eigenvalue weighted by atomic mass is 16.3. The number of nitrogens with zero attached hydrogens (tertiary/aromatic N) is 1. The lowest BCUT2D eigenvalue weighted by Crippen LogP contribution is -2.14. The van der Waals surface area contributed by atoms with E-state index in [1.54, 1.807) is 18.2 Å². The molecule has 0 bridgehead atoms. The minimum Gasteiger partial charge on any atom is -0.399 e. The minimum absolute atomic E-state index is 0.196. The molecule has 0 unspecified atom stereocenters. The second-order valence-corrected chi connectivity index (χ2v) is 5.41. The Labute approximate surface area is 133 Å². The summed E-state index contributed by atoms with van der Waals surface area (Å²) in [7, 11) is 0. The molecule has 2 aromatic carbocycles. The topological polar surface area (TPSA) is 102 Å². The lowest BCUT2D eigenvalue weighted by atomic mass is 9.95. The van der Waals surface area contributed by atoms with E-state index in [4.69, 9.17) is 11.5 Å². The van der Waals surface area contributed by atoms with E-state index in [1.165, 1.54) is 0 Å². The molecule has 23 heavy (non-hydrogen) atoms. The molecule has 0 saturated heterocycles. The van der Waals surface area contributed by atoms with Crippen molar-refractivity contribution < 1.29 is 9.90 Å². The van der Waals surface area contributed by atoms with Crippen LogP contribution in [0, 0.1) is 6.92 Å². The van der Waals surface area contributed by atoms with E-state index in [1.807, 2.05) is 31.2 Å². The second kappa shape index (κ2) is 5.70. The van der Waals surface area contributed by atoms with Crippen molar-refractivity contribution >= 4 is 22.5 Å². The Balaban J connectivity index is 2.37. The normalized spacial score (nSPS) is 10.9. The summed E-state index contributed by atoms with van der Waals surface area (Å²) in [6, 6.07) is 12.7. The molecule has 0 saturated carbocycles. The molecular formula is C18H17N3O2. The number of nitrogens with two attached hydrogens (primary N) is 2. The number of primary amides is 1. The first-order valence-corrected chi connectivity index (χ1v) is 7.21. The van der Waals surface area contributed by atoms with Crippen LogP contribution in [-0.2, 0) is 6.61 Å². The molecule has 0 fully saturated rings. The van der Waals surface area contributed by atoms with Gasteiger partial charge in [0.2, 0.25) is 0 Å². The van der Waals surface area contributed by atoms with Crippen molar-refractivity contribution in [3.63, 3.8) is 0 Å². The standard InChI is InChI=1S/C18H17N3O2/c1-10-14(9-22)12(6-7-15(10)19)17-13(18(20)23)8-11-4-2-3-5-16(11)21-17/h2-8,22H,9,19H2,1H3,(H2,20,23). The third kappa shape index (κ3) is 2.51. The number of benzene rings is 2. The summed E-state index contributed by atoms with van der Waals surface area (Å²) in [6.45, 7) is 1.63. The number of aliphatic hydroxyl groups excluding tert-OH is 1. The Morgan fingerprint density at radius 1 is 1.22 bits per heavy atom. The fourth-order valence-corrected chi connectivity index (χ4v) is 2.71. The van der Waals surface area contributed by atoms with Gasteiger partial charge in [-0.15, -0.1) is 0 Å². The molecule has 116 valence electrons. The Kier molecular flexibility index (Phi) is 3.72. The van der Waals surface area contributed by atoms with E-state index in [9.17, 15) is 9.90 Å². The Morgan fingerprint density at radius 3 is 2.65 bits per heavy atom. The number of carbonyl (C=O) groups excluding carboxylic acids is 1. The van der Waals surface area contributed by atoms with E-state index in [-0.39, 0.29) is 6.61 Å². The van der Waals surface area contributed by atoms with Crippen molar-refractivity contribution in [1.29, 1.82) is 0 Å². The Hall–Kier alpha value is -2.92. The van der Waals surface area contributed by atoms with Gasteiger partial charge >= 0.3 is 0 Å². The summed E-state index contributed by atoms with van der Waals surface area (Å²) in [5, 5.41) is 10.6. The van der Waals surface area contributed by atoms with Gasteiger partial charge in [-0.05, 0) is 36.2 Å². The van der Waals surface area contributed by atoms with Crippen molar-refractivity contribution in [2.24, 2.45) is 5.73 Å². The SMILES string of the molecule is Cc1c(N)ccc(-c2nc3ccccc3cc2C(N)=O)c1CO. The molecule has 3 rings (SSSR count). The third-order valence-corrected chi connectivity index (χ3v) is 4.04. The molecule has 0 aliphatic rings. The first-order valence-electron chi connectivity index (χ1n) is 7.21. The number of anilines is 1. The predicted octanol–water partition coefficient (Wildman–Crippen LogP) is 2.38. The van der Waals surface area contributed by atoms with Crippen LogP contribution >= 0.6 is 0 Å². The first-order chi connectivity index (χ1) is 11.0. The molecule has 0 aliphatic carbocycles. The number of amides is 1. The third-order valence-electron chi connectivity index (χ3n) is 4.04. The van der Waals surface area contributed by atoms with E-state index < -0.39 is 5.91 Å². The van der Waals surface area contributed by atoms with Crippen LogP contribution in [0.25, 0.3) is 22.2 Å². The lowest BCUT2D eigenvalue weighted by Gasteiger charge is -2.15. The van der Waals surface area contributed by atoms with Crippen molar-refractivity contribution in [2.45, 2.75) is 13.5 Å². The highest BCUT2D eigenvalue weighted by molar-refractivity contribution is 6.02. The van der Waals surface area contributed by atoms with Gasteiger partial charge in [-0.2, -0.15) is 0 Å². The molecule has 5 nitrogen and oxygen atoms in total. The average molecular weight is 307 g/mol. The number of nitrogen functional groups attached to an aromatic ring is 1. The highest BCUT2D eigenvalue weighted by Crippen LogP contribution is 2.32. The van der Waals surface area contributed by atoms with Crippen LogP contribution in [0.5, 0.6) is 0 Å². The molecule has 3 aromatic rings. The number of para-hydroxylation sites is 1. The zero-order valence-corrected chi connectivity index (χ0v) is 12.7. The molecular weight excluding hydrogens is 290 g/mol. The van der Waals surface area contributed by atoms with E-state index in [0.717, 1.165) is 16.5 Å². The van der Waals surface area contributed by atoms with Crippen LogP contribution in [0.2, 0.25) is 0 Å². The monoisotopic (exact) mass is 307 g/mol. The smallest absolute Gasteiger partial charge is 0.250 e. The number of hydrogen-bond acceptors (Lipinski definition) is 4. The number of hydrogen-bond donors (Lipinski definition) is 3. The maximum atomic E-state index is 11.9. The number of carbonyl (C=O) groups is 1. The van der Waals surface area contributed by atoms with Crippen molar-refractivity contribution in [1.82, 2.24) is 4.98 Å². The van der Waals surface area contributed by atoms with Crippen molar-refractivity contribution in [3.8, 4) is 11.3 Å². The van der Waals surface area contributed by atoms with Gasteiger partial charge in [0.25, 0.3) is 5.91 Å². The zero-order chi connectivity index (χ0) is 16.6. The number of fused-ring (bicyclic) bond motifs is 1. The molecule has 0 aliphatic heterocycles. The summed E-state index contributed by atoms with van der Waals surface area (Å²) in [5.41, 5.74) is 15.7. The van der Waals surface area contributed by atoms with Gasteiger partial charge in [0.1, 0.15) is 0 Å².